The molecule has 0 atom stereocenters. The van der Waals surface area contributed by atoms with Gasteiger partial charge in [-0.15, -0.1) is 0 Å². The molecule has 0 N–H and O–H groups in total. The van der Waals surface area contributed by atoms with E-state index in [1.54, 1.807) is 19.2 Å². The number of pyridine rings is 1. The van der Waals surface area contributed by atoms with E-state index in [0.717, 1.165) is 0 Å². The van der Waals surface area contributed by atoms with Gasteiger partial charge in [-0.05, 0) is 40.7 Å². The normalized spacial score (nSPS) is 21.9. The van der Waals surface area contributed by atoms with E-state index in [9.17, 15) is 4.39 Å². The van der Waals surface area contributed by atoms with E-state index in [4.69, 9.17) is 9.31 Å². The van der Waals surface area contributed by atoms with Crippen LogP contribution in [0.1, 0.15) is 33.4 Å². The maximum Gasteiger partial charge on any atom is 0.497 e. The van der Waals surface area contributed by atoms with Gasteiger partial charge < -0.3 is 9.31 Å². The van der Waals surface area contributed by atoms with Gasteiger partial charge in [0.15, 0.2) is 0 Å². The van der Waals surface area contributed by atoms with Crippen LogP contribution in [0.4, 0.5) is 4.39 Å². The van der Waals surface area contributed by atoms with Crippen LogP contribution in [0.3, 0.4) is 0 Å². The molecular weight excluding hydrogens is 220 g/mol. The van der Waals surface area contributed by atoms with Gasteiger partial charge in [-0.3, -0.25) is 4.98 Å². The zero-order valence-electron chi connectivity index (χ0n) is 10.9. The summed E-state index contributed by atoms with van der Waals surface area (Å²) in [6.07, 6.45) is 1.57. The molecule has 0 spiro atoms. The molecule has 5 heteroatoms. The summed E-state index contributed by atoms with van der Waals surface area (Å²) in [7, 11) is -0.665. The summed E-state index contributed by atoms with van der Waals surface area (Å²) in [4.78, 5) is 3.90. The Morgan fingerprint density at radius 2 is 1.71 bits per heavy atom. The van der Waals surface area contributed by atoms with Crippen molar-refractivity contribution in [1.82, 2.24) is 4.98 Å². The predicted octanol–water partition coefficient (Wildman–Crippen LogP) is 1.83. The van der Waals surface area contributed by atoms with Crippen LogP contribution < -0.4 is 5.46 Å². The van der Waals surface area contributed by atoms with Crippen molar-refractivity contribution in [3.8, 4) is 0 Å². The van der Waals surface area contributed by atoms with Crippen molar-refractivity contribution in [2.75, 3.05) is 0 Å². The molecule has 92 valence electrons. The monoisotopic (exact) mass is 237 g/mol. The fraction of sp³-hybridized carbons (Fsp3) is 0.583. The van der Waals surface area contributed by atoms with Crippen LogP contribution in [-0.4, -0.2) is 23.3 Å². The van der Waals surface area contributed by atoms with Crippen molar-refractivity contribution in [3.05, 3.63) is 23.8 Å². The first-order chi connectivity index (χ1) is 7.74. The standard InChI is InChI=1S/C12H17BFNO2/c1-8-10(14)9(6-7-15-8)13-16-11(2,3)12(4,5)17-13/h6-7H,1-5H3. The molecule has 2 rings (SSSR count). The summed E-state index contributed by atoms with van der Waals surface area (Å²) in [6, 6.07) is 1.60. The van der Waals surface area contributed by atoms with E-state index in [-0.39, 0.29) is 5.82 Å². The first kappa shape index (κ1) is 12.5. The molecule has 0 amide bonds. The van der Waals surface area contributed by atoms with Crippen molar-refractivity contribution >= 4 is 12.6 Å². The van der Waals surface area contributed by atoms with Gasteiger partial charge in [0.25, 0.3) is 0 Å². The highest BCUT2D eigenvalue weighted by atomic mass is 19.1. The van der Waals surface area contributed by atoms with Crippen molar-refractivity contribution in [3.63, 3.8) is 0 Å². The highest BCUT2D eigenvalue weighted by Crippen LogP contribution is 2.36. The molecule has 0 radical (unpaired) electrons. The van der Waals surface area contributed by atoms with E-state index in [2.05, 4.69) is 4.98 Å². The summed E-state index contributed by atoms with van der Waals surface area (Å²) in [5.41, 5.74) is -0.142. The van der Waals surface area contributed by atoms with Crippen molar-refractivity contribution < 1.29 is 13.7 Å². The van der Waals surface area contributed by atoms with Gasteiger partial charge in [-0.1, -0.05) is 0 Å². The average Bonchev–Trinajstić information content (AvgIpc) is 2.40. The van der Waals surface area contributed by atoms with Gasteiger partial charge in [0.05, 0.1) is 16.9 Å². The Morgan fingerprint density at radius 3 is 2.24 bits per heavy atom. The molecule has 0 saturated carbocycles. The second kappa shape index (κ2) is 3.78. The number of nitrogens with zero attached hydrogens (tertiary/aromatic N) is 1. The van der Waals surface area contributed by atoms with Gasteiger partial charge in [-0.2, -0.15) is 0 Å². The third kappa shape index (κ3) is 1.98. The quantitative estimate of drug-likeness (QED) is 0.698. The lowest BCUT2D eigenvalue weighted by Gasteiger charge is -2.32. The Balaban J connectivity index is 2.36. The van der Waals surface area contributed by atoms with E-state index >= 15 is 0 Å². The molecule has 0 aliphatic carbocycles. The number of aryl methyl sites for hydroxylation is 1. The van der Waals surface area contributed by atoms with E-state index in [1.165, 1.54) is 0 Å². The molecule has 3 nitrogen and oxygen atoms in total. The molecule has 1 aliphatic rings. The number of halogens is 1. The van der Waals surface area contributed by atoms with Gasteiger partial charge >= 0.3 is 7.12 Å². The molecule has 17 heavy (non-hydrogen) atoms. The lowest BCUT2D eigenvalue weighted by atomic mass is 9.79. The largest absolute Gasteiger partial charge is 0.497 e. The van der Waals surface area contributed by atoms with Gasteiger partial charge in [-0.25, -0.2) is 4.39 Å². The summed E-state index contributed by atoms with van der Waals surface area (Å²) >= 11 is 0. The second-order valence-electron chi connectivity index (χ2n) is 5.39. The Bertz CT molecular complexity index is 432. The van der Waals surface area contributed by atoms with Crippen molar-refractivity contribution in [1.29, 1.82) is 0 Å². The molecule has 1 aromatic heterocycles. The fourth-order valence-electron chi connectivity index (χ4n) is 1.72. The van der Waals surface area contributed by atoms with E-state index in [1.807, 2.05) is 27.7 Å². The molecular formula is C12H17BFNO2. The zero-order valence-corrected chi connectivity index (χ0v) is 10.9. The highest BCUT2D eigenvalue weighted by molar-refractivity contribution is 6.62. The lowest BCUT2D eigenvalue weighted by molar-refractivity contribution is 0.00578. The number of rotatable bonds is 1. The third-order valence-electron chi connectivity index (χ3n) is 3.60. The van der Waals surface area contributed by atoms with Gasteiger partial charge in [0.1, 0.15) is 5.82 Å². The minimum Gasteiger partial charge on any atom is -0.399 e. The van der Waals surface area contributed by atoms with Crippen LogP contribution in [0.2, 0.25) is 0 Å². The van der Waals surface area contributed by atoms with Crippen molar-refractivity contribution in [2.24, 2.45) is 0 Å². The molecule has 2 heterocycles. The molecule has 0 unspecified atom stereocenters. The average molecular weight is 237 g/mol. The Morgan fingerprint density at radius 1 is 1.18 bits per heavy atom. The molecule has 1 aliphatic heterocycles. The Kier molecular flexibility index (Phi) is 2.79. The number of hydrogen-bond donors (Lipinski definition) is 0. The Labute approximate surface area is 101 Å². The smallest absolute Gasteiger partial charge is 0.399 e. The number of hydrogen-bond acceptors (Lipinski definition) is 3. The SMILES string of the molecule is Cc1nccc(B2OC(C)(C)C(C)(C)O2)c1F. The molecule has 0 aromatic carbocycles. The lowest BCUT2D eigenvalue weighted by Crippen LogP contribution is -2.41. The third-order valence-corrected chi connectivity index (χ3v) is 3.60. The van der Waals surface area contributed by atoms with E-state index < -0.39 is 18.3 Å². The maximum atomic E-state index is 13.9. The van der Waals surface area contributed by atoms with Crippen LogP contribution in [0.25, 0.3) is 0 Å². The van der Waals surface area contributed by atoms with Crippen LogP contribution in [0, 0.1) is 12.7 Å². The van der Waals surface area contributed by atoms with Crippen LogP contribution in [0.5, 0.6) is 0 Å². The van der Waals surface area contributed by atoms with Crippen molar-refractivity contribution in [2.45, 2.75) is 45.8 Å². The van der Waals surface area contributed by atoms with Gasteiger partial charge in [0.2, 0.25) is 0 Å². The fourth-order valence-corrected chi connectivity index (χ4v) is 1.72. The van der Waals surface area contributed by atoms with Gasteiger partial charge in [0, 0.05) is 11.7 Å². The summed E-state index contributed by atoms with van der Waals surface area (Å²) in [5, 5.41) is 0. The van der Waals surface area contributed by atoms with Crippen LogP contribution in [-0.2, 0) is 9.31 Å². The topological polar surface area (TPSA) is 31.4 Å². The first-order valence-electron chi connectivity index (χ1n) is 5.71. The minimum absolute atomic E-state index is 0.356. The molecule has 1 aromatic rings. The van der Waals surface area contributed by atoms with Crippen LogP contribution >= 0.6 is 0 Å². The maximum absolute atomic E-state index is 13.9. The number of aromatic nitrogens is 1. The summed E-state index contributed by atoms with van der Waals surface area (Å²) in [6.45, 7) is 9.40. The first-order valence-corrected chi connectivity index (χ1v) is 5.71. The van der Waals surface area contributed by atoms with E-state index in [0.29, 0.717) is 11.2 Å². The highest BCUT2D eigenvalue weighted by Gasteiger charge is 2.52. The zero-order chi connectivity index (χ0) is 12.8. The summed E-state index contributed by atoms with van der Waals surface area (Å²) < 4.78 is 25.5. The Hall–Kier alpha value is -0.935. The molecule has 1 fully saturated rings. The molecule has 0 bridgehead atoms. The minimum atomic E-state index is -0.665. The molecule has 1 saturated heterocycles. The summed E-state index contributed by atoms with van der Waals surface area (Å²) in [5.74, 6) is -0.356. The second-order valence-corrected chi connectivity index (χ2v) is 5.39. The predicted molar refractivity (Wildman–Crippen MR) is 64.6 cm³/mol. The van der Waals surface area contributed by atoms with Crippen LogP contribution in [0.15, 0.2) is 12.3 Å².